The molecule has 6 heteroatoms. The Kier molecular flexibility index (Phi) is 5.43. The minimum Gasteiger partial charge on any atom is -0.383 e. The smallest absolute Gasteiger partial charge is 0.270 e. The second-order valence-electron chi connectivity index (χ2n) is 4.94. The van der Waals surface area contributed by atoms with E-state index in [-0.39, 0.29) is 5.91 Å². The van der Waals surface area contributed by atoms with E-state index in [2.05, 4.69) is 27.5 Å². The predicted molar refractivity (Wildman–Crippen MR) is 85.4 cm³/mol. The zero-order valence-corrected chi connectivity index (χ0v) is 13.0. The average Bonchev–Trinajstić information content (AvgIpc) is 2.51. The number of anilines is 2. The summed E-state index contributed by atoms with van der Waals surface area (Å²) in [7, 11) is 1.59. The van der Waals surface area contributed by atoms with Crippen molar-refractivity contribution in [3.05, 3.63) is 47.3 Å². The molecular formula is C16H20N4O2. The molecule has 0 saturated carbocycles. The molecular weight excluding hydrogens is 280 g/mol. The molecule has 1 amide bonds. The summed E-state index contributed by atoms with van der Waals surface area (Å²) in [4.78, 5) is 20.3. The number of ether oxygens (including phenoxy) is 1. The van der Waals surface area contributed by atoms with Crippen molar-refractivity contribution in [2.45, 2.75) is 13.8 Å². The quantitative estimate of drug-likeness (QED) is 0.800. The maximum Gasteiger partial charge on any atom is 0.270 e. The van der Waals surface area contributed by atoms with Gasteiger partial charge in [-0.3, -0.25) is 4.79 Å². The summed E-state index contributed by atoms with van der Waals surface area (Å²) in [6.07, 6.45) is 1.56. The molecule has 116 valence electrons. The Morgan fingerprint density at radius 3 is 2.77 bits per heavy atom. The van der Waals surface area contributed by atoms with E-state index >= 15 is 0 Å². The van der Waals surface area contributed by atoms with Crippen LogP contribution < -0.4 is 10.6 Å². The minimum atomic E-state index is -0.248. The van der Waals surface area contributed by atoms with Crippen LogP contribution in [0.5, 0.6) is 0 Å². The molecule has 2 rings (SSSR count). The number of nitrogens with one attached hydrogen (secondary N) is 2. The number of nitrogens with zero attached hydrogens (tertiary/aromatic N) is 2. The Bertz CT molecular complexity index is 658. The largest absolute Gasteiger partial charge is 0.383 e. The molecule has 1 aromatic carbocycles. The highest BCUT2D eigenvalue weighted by molar-refractivity contribution is 5.92. The van der Waals surface area contributed by atoms with Crippen LogP contribution in [-0.2, 0) is 4.74 Å². The minimum absolute atomic E-state index is 0.248. The highest BCUT2D eigenvalue weighted by atomic mass is 16.5. The first kappa shape index (κ1) is 15.9. The molecule has 0 fully saturated rings. The van der Waals surface area contributed by atoms with Gasteiger partial charge >= 0.3 is 0 Å². The molecule has 0 radical (unpaired) electrons. The van der Waals surface area contributed by atoms with Crippen LogP contribution in [0.3, 0.4) is 0 Å². The van der Waals surface area contributed by atoms with Crippen LogP contribution in [0, 0.1) is 13.8 Å². The van der Waals surface area contributed by atoms with Crippen LogP contribution in [-0.4, -0.2) is 36.1 Å². The fourth-order valence-electron chi connectivity index (χ4n) is 1.85. The number of carbonyl (C=O) groups excluding carboxylic acids is 1. The van der Waals surface area contributed by atoms with E-state index in [1.807, 2.05) is 25.1 Å². The molecule has 0 atom stereocenters. The fraction of sp³-hybridized carbons (Fsp3) is 0.312. The molecule has 1 aromatic heterocycles. The summed E-state index contributed by atoms with van der Waals surface area (Å²) >= 11 is 0. The third kappa shape index (κ3) is 4.26. The van der Waals surface area contributed by atoms with E-state index in [0.29, 0.717) is 24.8 Å². The van der Waals surface area contributed by atoms with E-state index in [1.165, 1.54) is 11.1 Å². The molecule has 6 nitrogen and oxygen atoms in total. The van der Waals surface area contributed by atoms with E-state index in [0.717, 1.165) is 5.69 Å². The number of carbonyl (C=O) groups is 1. The second-order valence-corrected chi connectivity index (χ2v) is 4.94. The lowest BCUT2D eigenvalue weighted by Gasteiger charge is -2.08. The van der Waals surface area contributed by atoms with Crippen molar-refractivity contribution in [2.24, 2.45) is 0 Å². The van der Waals surface area contributed by atoms with E-state index in [1.54, 1.807) is 19.4 Å². The number of hydrogen-bond donors (Lipinski definition) is 2. The van der Waals surface area contributed by atoms with Crippen molar-refractivity contribution in [2.75, 3.05) is 25.6 Å². The van der Waals surface area contributed by atoms with Gasteiger partial charge < -0.3 is 15.4 Å². The topological polar surface area (TPSA) is 76.1 Å². The molecule has 0 saturated heterocycles. The lowest BCUT2D eigenvalue weighted by atomic mass is 10.1. The summed E-state index contributed by atoms with van der Waals surface area (Å²) in [6.45, 7) is 5.01. The van der Waals surface area contributed by atoms with Crippen molar-refractivity contribution >= 4 is 17.5 Å². The monoisotopic (exact) mass is 300 g/mol. The lowest BCUT2D eigenvalue weighted by molar-refractivity contribution is 0.0932. The van der Waals surface area contributed by atoms with Gasteiger partial charge in [0.1, 0.15) is 5.69 Å². The van der Waals surface area contributed by atoms with Gasteiger partial charge in [0.05, 0.1) is 6.61 Å². The normalized spacial score (nSPS) is 10.3. The van der Waals surface area contributed by atoms with Crippen molar-refractivity contribution < 1.29 is 9.53 Å². The van der Waals surface area contributed by atoms with Gasteiger partial charge in [-0.05, 0) is 43.2 Å². The highest BCUT2D eigenvalue weighted by Gasteiger charge is 2.08. The number of hydrogen-bond acceptors (Lipinski definition) is 5. The van der Waals surface area contributed by atoms with E-state index in [4.69, 9.17) is 4.74 Å². The summed E-state index contributed by atoms with van der Waals surface area (Å²) in [5, 5.41) is 5.83. The molecule has 0 bridgehead atoms. The Hall–Kier alpha value is -2.47. The standard InChI is InChI=1S/C16H20N4O2/c1-11-4-5-13(10-12(11)2)19-16-18-7-6-14(20-16)15(21)17-8-9-22-3/h4-7,10H,8-9H2,1-3H3,(H,17,21)(H,18,19,20). The molecule has 2 aromatic rings. The predicted octanol–water partition coefficient (Wildman–Crippen LogP) is 2.21. The molecule has 0 unspecified atom stereocenters. The Labute approximate surface area is 129 Å². The van der Waals surface area contributed by atoms with E-state index < -0.39 is 0 Å². The van der Waals surface area contributed by atoms with Crippen molar-refractivity contribution in [1.82, 2.24) is 15.3 Å². The number of aryl methyl sites for hydroxylation is 2. The maximum atomic E-state index is 11.9. The molecule has 0 aliphatic rings. The second kappa shape index (κ2) is 7.51. The maximum absolute atomic E-state index is 11.9. The molecule has 2 N–H and O–H groups in total. The van der Waals surface area contributed by atoms with Crippen molar-refractivity contribution in [1.29, 1.82) is 0 Å². The van der Waals surface area contributed by atoms with Crippen LogP contribution in [0.25, 0.3) is 0 Å². The van der Waals surface area contributed by atoms with Crippen LogP contribution in [0.15, 0.2) is 30.5 Å². The summed E-state index contributed by atoms with van der Waals surface area (Å²) in [6, 6.07) is 7.58. The first-order valence-corrected chi connectivity index (χ1v) is 7.04. The van der Waals surface area contributed by atoms with E-state index in [9.17, 15) is 4.79 Å². The van der Waals surface area contributed by atoms with Crippen molar-refractivity contribution in [3.8, 4) is 0 Å². The molecule has 0 aliphatic carbocycles. The van der Waals surface area contributed by atoms with Crippen LogP contribution in [0.2, 0.25) is 0 Å². The fourth-order valence-corrected chi connectivity index (χ4v) is 1.85. The summed E-state index contributed by atoms with van der Waals surface area (Å²) < 4.78 is 4.89. The zero-order chi connectivity index (χ0) is 15.9. The van der Waals surface area contributed by atoms with Crippen LogP contribution >= 0.6 is 0 Å². The zero-order valence-electron chi connectivity index (χ0n) is 13.0. The Balaban J connectivity index is 2.07. The number of rotatable bonds is 6. The third-order valence-corrected chi connectivity index (χ3v) is 3.24. The Morgan fingerprint density at radius 1 is 1.23 bits per heavy atom. The molecule has 22 heavy (non-hydrogen) atoms. The van der Waals surface area contributed by atoms with Crippen LogP contribution in [0.4, 0.5) is 11.6 Å². The SMILES string of the molecule is COCCNC(=O)c1ccnc(Nc2ccc(C)c(C)c2)n1. The van der Waals surface area contributed by atoms with Gasteiger partial charge in [-0.15, -0.1) is 0 Å². The first-order chi connectivity index (χ1) is 10.6. The number of aromatic nitrogens is 2. The lowest BCUT2D eigenvalue weighted by Crippen LogP contribution is -2.27. The van der Waals surface area contributed by atoms with Gasteiger partial charge in [0.2, 0.25) is 5.95 Å². The summed E-state index contributed by atoms with van der Waals surface area (Å²) in [5.41, 5.74) is 3.61. The van der Waals surface area contributed by atoms with Gasteiger partial charge in [-0.2, -0.15) is 0 Å². The average molecular weight is 300 g/mol. The first-order valence-electron chi connectivity index (χ1n) is 7.04. The summed E-state index contributed by atoms with van der Waals surface area (Å²) in [5.74, 6) is 0.144. The van der Waals surface area contributed by atoms with Crippen LogP contribution in [0.1, 0.15) is 21.6 Å². The molecule has 1 heterocycles. The number of methoxy groups -OCH3 is 1. The van der Waals surface area contributed by atoms with Gasteiger partial charge in [0.25, 0.3) is 5.91 Å². The third-order valence-electron chi connectivity index (χ3n) is 3.24. The number of amides is 1. The molecule has 0 spiro atoms. The van der Waals surface area contributed by atoms with Gasteiger partial charge in [0.15, 0.2) is 0 Å². The van der Waals surface area contributed by atoms with Gasteiger partial charge in [0, 0.05) is 25.5 Å². The molecule has 0 aliphatic heterocycles. The van der Waals surface area contributed by atoms with Crippen molar-refractivity contribution in [3.63, 3.8) is 0 Å². The van der Waals surface area contributed by atoms with Gasteiger partial charge in [-0.1, -0.05) is 6.07 Å². The number of benzene rings is 1. The van der Waals surface area contributed by atoms with Gasteiger partial charge in [-0.25, -0.2) is 9.97 Å². The Morgan fingerprint density at radius 2 is 2.05 bits per heavy atom. The highest BCUT2D eigenvalue weighted by Crippen LogP contribution is 2.17.